The van der Waals surface area contributed by atoms with Gasteiger partial charge in [-0.15, -0.1) is 0 Å². The molecule has 27 heavy (non-hydrogen) atoms. The van der Waals surface area contributed by atoms with E-state index in [1.54, 1.807) is 36.4 Å². The number of carbonyl (C=O) groups is 3. The van der Waals surface area contributed by atoms with Gasteiger partial charge < -0.3 is 21.9 Å². The average molecular weight is 365 g/mol. The quantitative estimate of drug-likeness (QED) is 0.543. The molecule has 0 saturated heterocycles. The zero-order valence-electron chi connectivity index (χ0n) is 13.9. The van der Waals surface area contributed by atoms with Crippen LogP contribution in [0.15, 0.2) is 54.7 Å². The minimum absolute atomic E-state index is 0.0910. The summed E-state index contributed by atoms with van der Waals surface area (Å²) in [5.74, 6) is -1.84. The molecule has 6 N–H and O–H groups in total. The number of nitrogens with zero attached hydrogens (tertiary/aromatic N) is 2. The van der Waals surface area contributed by atoms with E-state index in [0.717, 1.165) is 5.56 Å². The van der Waals surface area contributed by atoms with Crippen LogP contribution in [0.2, 0.25) is 0 Å². The highest BCUT2D eigenvalue weighted by Crippen LogP contribution is 2.24. The van der Waals surface area contributed by atoms with Gasteiger partial charge in [-0.1, -0.05) is 24.3 Å². The van der Waals surface area contributed by atoms with E-state index in [1.807, 2.05) is 6.07 Å². The largest absolute Gasteiger partial charge is 0.478 e. The average Bonchev–Trinajstić information content (AvgIpc) is 3.05. The number of primary amides is 2. The Balaban J connectivity index is 2.03. The number of carbonyl (C=O) groups excluding carboxylic acids is 2. The lowest BCUT2D eigenvalue weighted by molar-refractivity contribution is 0.0696. The van der Waals surface area contributed by atoms with E-state index >= 15 is 0 Å². The van der Waals surface area contributed by atoms with Gasteiger partial charge in [0.2, 0.25) is 0 Å². The van der Waals surface area contributed by atoms with Crippen LogP contribution in [0.4, 0.5) is 10.5 Å². The Morgan fingerprint density at radius 3 is 2.30 bits per heavy atom. The summed E-state index contributed by atoms with van der Waals surface area (Å²) in [6, 6.07) is 12.7. The number of aromatic nitrogens is 2. The van der Waals surface area contributed by atoms with E-state index in [9.17, 15) is 14.4 Å². The van der Waals surface area contributed by atoms with Crippen LogP contribution in [-0.2, 0) is 0 Å². The maximum Gasteiger partial charge on any atom is 0.335 e. The Morgan fingerprint density at radius 1 is 1.00 bits per heavy atom. The molecule has 1 aromatic heterocycles. The van der Waals surface area contributed by atoms with Gasteiger partial charge in [-0.05, 0) is 35.4 Å². The Labute approximate surface area is 153 Å². The van der Waals surface area contributed by atoms with Gasteiger partial charge in [-0.2, -0.15) is 5.10 Å². The monoisotopic (exact) mass is 365 g/mol. The number of carboxylic acid groups (broad SMARTS) is 1. The standard InChI is InChI=1S/C18H15N5O4/c19-16(24)15-14(21-18(20)27)9-23(22-15)13-6-2-4-11(8-13)10-3-1-5-12(7-10)17(25)26/h1-9H,(H2,19,24)(H,25,26)(H3,20,21,27). The predicted octanol–water partition coefficient (Wildman–Crippen LogP) is 1.83. The number of nitrogens with two attached hydrogens (primary N) is 2. The fraction of sp³-hybridized carbons (Fsp3) is 0. The Morgan fingerprint density at radius 2 is 1.67 bits per heavy atom. The van der Waals surface area contributed by atoms with Crippen LogP contribution in [0.25, 0.3) is 16.8 Å². The van der Waals surface area contributed by atoms with Crippen LogP contribution in [0.5, 0.6) is 0 Å². The summed E-state index contributed by atoms with van der Waals surface area (Å²) < 4.78 is 1.37. The van der Waals surface area contributed by atoms with Crippen molar-refractivity contribution < 1.29 is 19.5 Å². The first-order valence-corrected chi connectivity index (χ1v) is 7.75. The van der Waals surface area contributed by atoms with Gasteiger partial charge in [0.15, 0.2) is 5.69 Å². The molecule has 9 nitrogen and oxygen atoms in total. The number of hydrogen-bond donors (Lipinski definition) is 4. The van der Waals surface area contributed by atoms with Gasteiger partial charge in [0.25, 0.3) is 5.91 Å². The van der Waals surface area contributed by atoms with Gasteiger partial charge in [-0.3, -0.25) is 4.79 Å². The van der Waals surface area contributed by atoms with Crippen molar-refractivity contribution in [3.8, 4) is 16.8 Å². The molecule has 3 rings (SSSR count). The van der Waals surface area contributed by atoms with Crippen LogP contribution >= 0.6 is 0 Å². The van der Waals surface area contributed by atoms with Crippen molar-refractivity contribution in [3.63, 3.8) is 0 Å². The van der Waals surface area contributed by atoms with Crippen molar-refractivity contribution >= 4 is 23.6 Å². The van der Waals surface area contributed by atoms with Crippen LogP contribution in [0.1, 0.15) is 20.8 Å². The molecule has 136 valence electrons. The minimum Gasteiger partial charge on any atom is -0.478 e. The van der Waals surface area contributed by atoms with Crippen molar-refractivity contribution in [2.45, 2.75) is 0 Å². The van der Waals surface area contributed by atoms with Crippen LogP contribution in [-0.4, -0.2) is 32.8 Å². The molecule has 1 heterocycles. The lowest BCUT2D eigenvalue weighted by Gasteiger charge is -2.06. The molecule has 0 aliphatic rings. The van der Waals surface area contributed by atoms with Gasteiger partial charge in [0, 0.05) is 0 Å². The van der Waals surface area contributed by atoms with Gasteiger partial charge in [0.05, 0.1) is 23.1 Å². The maximum atomic E-state index is 11.5. The van der Waals surface area contributed by atoms with Crippen LogP contribution in [0.3, 0.4) is 0 Å². The Hall–Kier alpha value is -4.14. The molecule has 0 unspecified atom stereocenters. The predicted molar refractivity (Wildman–Crippen MR) is 97.7 cm³/mol. The number of aromatic carboxylic acids is 1. The first-order chi connectivity index (χ1) is 12.8. The molecule has 0 spiro atoms. The van der Waals surface area contributed by atoms with E-state index in [2.05, 4.69) is 10.4 Å². The third kappa shape index (κ3) is 3.76. The molecular formula is C18H15N5O4. The first kappa shape index (κ1) is 17.7. The second kappa shape index (κ2) is 7.00. The number of hydrogen-bond acceptors (Lipinski definition) is 4. The normalized spacial score (nSPS) is 10.4. The smallest absolute Gasteiger partial charge is 0.335 e. The lowest BCUT2D eigenvalue weighted by Crippen LogP contribution is -2.22. The molecule has 3 amide bonds. The van der Waals surface area contributed by atoms with Crippen molar-refractivity contribution in [1.82, 2.24) is 9.78 Å². The summed E-state index contributed by atoms with van der Waals surface area (Å²) in [5, 5.41) is 15.5. The SMILES string of the molecule is NC(=O)Nc1cn(-c2cccc(-c3cccc(C(=O)O)c3)c2)nc1C(N)=O. The zero-order chi connectivity index (χ0) is 19.6. The summed E-state index contributed by atoms with van der Waals surface area (Å²) in [6.45, 7) is 0. The highest BCUT2D eigenvalue weighted by Gasteiger charge is 2.16. The van der Waals surface area contributed by atoms with E-state index in [-0.39, 0.29) is 16.9 Å². The molecule has 0 bridgehead atoms. The van der Waals surface area contributed by atoms with E-state index < -0.39 is 17.9 Å². The molecule has 2 aromatic carbocycles. The van der Waals surface area contributed by atoms with Gasteiger partial charge in [0.1, 0.15) is 0 Å². The van der Waals surface area contributed by atoms with Crippen LogP contribution < -0.4 is 16.8 Å². The van der Waals surface area contributed by atoms with Crippen molar-refractivity contribution in [1.29, 1.82) is 0 Å². The molecular weight excluding hydrogens is 350 g/mol. The second-order valence-corrected chi connectivity index (χ2v) is 5.63. The van der Waals surface area contributed by atoms with Crippen molar-refractivity contribution in [2.24, 2.45) is 11.5 Å². The number of amides is 3. The third-order valence-corrected chi connectivity index (χ3v) is 3.76. The third-order valence-electron chi connectivity index (χ3n) is 3.76. The van der Waals surface area contributed by atoms with Crippen molar-refractivity contribution in [3.05, 3.63) is 66.0 Å². The maximum absolute atomic E-state index is 11.5. The molecule has 0 aliphatic heterocycles. The molecule has 9 heteroatoms. The number of anilines is 1. The lowest BCUT2D eigenvalue weighted by atomic mass is 10.0. The van der Waals surface area contributed by atoms with Crippen LogP contribution in [0, 0.1) is 0 Å². The molecule has 0 saturated carbocycles. The summed E-state index contributed by atoms with van der Waals surface area (Å²) in [4.78, 5) is 33.8. The molecule has 3 aromatic rings. The van der Waals surface area contributed by atoms with Crippen molar-refractivity contribution in [2.75, 3.05) is 5.32 Å². The Kier molecular flexibility index (Phi) is 4.58. The summed E-state index contributed by atoms with van der Waals surface area (Å²) in [6.07, 6.45) is 1.41. The molecule has 0 atom stereocenters. The number of urea groups is 1. The van der Waals surface area contributed by atoms with Gasteiger partial charge in [-0.25, -0.2) is 14.3 Å². The second-order valence-electron chi connectivity index (χ2n) is 5.63. The Bertz CT molecular complexity index is 1060. The minimum atomic E-state index is -1.02. The highest BCUT2D eigenvalue weighted by atomic mass is 16.4. The number of nitrogens with one attached hydrogen (secondary N) is 1. The van der Waals surface area contributed by atoms with E-state index in [0.29, 0.717) is 11.3 Å². The fourth-order valence-electron chi connectivity index (χ4n) is 2.57. The zero-order valence-corrected chi connectivity index (χ0v) is 13.9. The fourth-order valence-corrected chi connectivity index (χ4v) is 2.57. The van der Waals surface area contributed by atoms with Gasteiger partial charge >= 0.3 is 12.0 Å². The molecule has 0 aliphatic carbocycles. The summed E-state index contributed by atoms with van der Waals surface area (Å²) in [7, 11) is 0. The van der Waals surface area contributed by atoms with E-state index in [1.165, 1.54) is 16.9 Å². The number of benzene rings is 2. The molecule has 0 fully saturated rings. The first-order valence-electron chi connectivity index (χ1n) is 7.75. The molecule has 0 radical (unpaired) electrons. The topological polar surface area (TPSA) is 153 Å². The van der Waals surface area contributed by atoms with E-state index in [4.69, 9.17) is 16.6 Å². The number of carboxylic acids is 1. The number of rotatable bonds is 5. The summed E-state index contributed by atoms with van der Waals surface area (Å²) in [5.41, 5.74) is 12.5. The highest BCUT2D eigenvalue weighted by molar-refractivity contribution is 6.00. The summed E-state index contributed by atoms with van der Waals surface area (Å²) >= 11 is 0.